The molecule has 0 aliphatic rings. The van der Waals surface area contributed by atoms with Crippen LogP contribution in [0.15, 0.2) is 0 Å². The second kappa shape index (κ2) is 11.3. The fraction of sp³-hybridized carbons (Fsp3) is 1.00. The molecule has 0 amide bonds. The molecule has 2 nitrogen and oxygen atoms in total. The van der Waals surface area contributed by atoms with Gasteiger partial charge in [-0.1, -0.05) is 19.3 Å². The fourth-order valence-corrected chi connectivity index (χ4v) is 1.91. The molecule has 0 heterocycles. The summed E-state index contributed by atoms with van der Waals surface area (Å²) in [5.74, 6) is 1.25. The molecule has 0 aromatic carbocycles. The van der Waals surface area contributed by atoms with Gasteiger partial charge in [0.05, 0.1) is 0 Å². The third-order valence-electron chi connectivity index (χ3n) is 2.42. The van der Waals surface area contributed by atoms with Crippen LogP contribution >= 0.6 is 11.8 Å². The summed E-state index contributed by atoms with van der Waals surface area (Å²) in [6.45, 7) is 3.33. The molecule has 0 atom stereocenters. The quantitative estimate of drug-likeness (QED) is 0.570. The lowest BCUT2D eigenvalue weighted by Crippen LogP contribution is -2.22. The van der Waals surface area contributed by atoms with Gasteiger partial charge in [-0.25, -0.2) is 0 Å². The normalized spacial score (nSPS) is 11.1. The molecule has 0 aliphatic carbocycles. The van der Waals surface area contributed by atoms with Crippen LogP contribution in [-0.4, -0.2) is 43.6 Å². The largest absolute Gasteiger partial charge is 0.330 e. The van der Waals surface area contributed by atoms with Crippen molar-refractivity contribution in [2.45, 2.75) is 32.1 Å². The zero-order valence-electron chi connectivity index (χ0n) is 9.80. The summed E-state index contributed by atoms with van der Waals surface area (Å²) in [5.41, 5.74) is 5.44. The zero-order valence-corrected chi connectivity index (χ0v) is 10.6. The van der Waals surface area contributed by atoms with E-state index in [-0.39, 0.29) is 0 Å². The maximum absolute atomic E-state index is 5.44. The molecule has 0 spiro atoms. The number of nitrogens with zero attached hydrogens (tertiary/aromatic N) is 1. The monoisotopic (exact) mass is 218 g/mol. The molecule has 14 heavy (non-hydrogen) atoms. The summed E-state index contributed by atoms with van der Waals surface area (Å²) >= 11 is 1.92. The first-order valence-electron chi connectivity index (χ1n) is 5.68. The van der Waals surface area contributed by atoms with Crippen LogP contribution in [0.25, 0.3) is 0 Å². The van der Waals surface area contributed by atoms with Crippen molar-refractivity contribution in [3.8, 4) is 0 Å². The SMILES string of the molecule is CSCCN(C)CCCCCCCN. The minimum absolute atomic E-state index is 0.855. The Morgan fingerprint density at radius 1 is 1.00 bits per heavy atom. The minimum Gasteiger partial charge on any atom is -0.330 e. The van der Waals surface area contributed by atoms with Crippen LogP contribution in [0, 0.1) is 0 Å². The van der Waals surface area contributed by atoms with Crippen LogP contribution in [0.1, 0.15) is 32.1 Å². The second-order valence-electron chi connectivity index (χ2n) is 3.85. The van der Waals surface area contributed by atoms with E-state index in [0.717, 1.165) is 6.54 Å². The molecule has 0 unspecified atom stereocenters. The van der Waals surface area contributed by atoms with Crippen LogP contribution in [0.2, 0.25) is 0 Å². The van der Waals surface area contributed by atoms with Crippen molar-refractivity contribution in [3.63, 3.8) is 0 Å². The van der Waals surface area contributed by atoms with E-state index in [9.17, 15) is 0 Å². The topological polar surface area (TPSA) is 29.3 Å². The molecular formula is C11H26N2S. The second-order valence-corrected chi connectivity index (χ2v) is 4.84. The fourth-order valence-electron chi connectivity index (χ4n) is 1.42. The Morgan fingerprint density at radius 2 is 1.64 bits per heavy atom. The maximum atomic E-state index is 5.44. The summed E-state index contributed by atoms with van der Waals surface area (Å²) in [4.78, 5) is 2.43. The molecule has 0 fully saturated rings. The van der Waals surface area contributed by atoms with Crippen molar-refractivity contribution in [2.75, 3.05) is 38.7 Å². The summed E-state index contributed by atoms with van der Waals surface area (Å²) in [6, 6.07) is 0. The molecule has 0 radical (unpaired) electrons. The van der Waals surface area contributed by atoms with Gasteiger partial charge in [0.1, 0.15) is 0 Å². The molecule has 0 bridgehead atoms. The number of rotatable bonds is 10. The Labute approximate surface area is 93.6 Å². The predicted octanol–water partition coefficient (Wildman–Crippen LogP) is 2.19. The molecular weight excluding hydrogens is 192 g/mol. The van der Waals surface area contributed by atoms with E-state index in [1.807, 2.05) is 11.8 Å². The van der Waals surface area contributed by atoms with E-state index in [1.165, 1.54) is 50.9 Å². The summed E-state index contributed by atoms with van der Waals surface area (Å²) in [7, 11) is 2.22. The number of unbranched alkanes of at least 4 members (excludes halogenated alkanes) is 4. The third kappa shape index (κ3) is 10.4. The molecule has 0 aromatic rings. The van der Waals surface area contributed by atoms with Crippen LogP contribution in [0.4, 0.5) is 0 Å². The number of nitrogens with two attached hydrogens (primary N) is 1. The van der Waals surface area contributed by atoms with Gasteiger partial charge in [0.2, 0.25) is 0 Å². The van der Waals surface area contributed by atoms with Gasteiger partial charge >= 0.3 is 0 Å². The highest BCUT2D eigenvalue weighted by molar-refractivity contribution is 7.98. The molecule has 0 saturated carbocycles. The minimum atomic E-state index is 0.855. The molecule has 86 valence electrons. The Bertz CT molecular complexity index is 109. The van der Waals surface area contributed by atoms with Gasteiger partial charge in [-0.3, -0.25) is 0 Å². The van der Waals surface area contributed by atoms with Gasteiger partial charge in [-0.15, -0.1) is 0 Å². The highest BCUT2D eigenvalue weighted by Crippen LogP contribution is 2.03. The van der Waals surface area contributed by atoms with Crippen molar-refractivity contribution in [1.82, 2.24) is 4.90 Å². The van der Waals surface area contributed by atoms with E-state index < -0.39 is 0 Å². The lowest BCUT2D eigenvalue weighted by molar-refractivity contribution is 0.343. The van der Waals surface area contributed by atoms with Crippen molar-refractivity contribution in [1.29, 1.82) is 0 Å². The van der Waals surface area contributed by atoms with Crippen LogP contribution in [0.3, 0.4) is 0 Å². The smallest absolute Gasteiger partial charge is 0.00692 e. The van der Waals surface area contributed by atoms with E-state index in [4.69, 9.17) is 5.73 Å². The standard InChI is InChI=1S/C11H26N2S/c1-13(10-11-14-2)9-7-5-3-4-6-8-12/h3-12H2,1-2H3. The van der Waals surface area contributed by atoms with E-state index in [2.05, 4.69) is 18.2 Å². The van der Waals surface area contributed by atoms with Gasteiger partial charge in [-0.2, -0.15) is 11.8 Å². The Morgan fingerprint density at radius 3 is 2.29 bits per heavy atom. The van der Waals surface area contributed by atoms with E-state index in [1.54, 1.807) is 0 Å². The van der Waals surface area contributed by atoms with E-state index >= 15 is 0 Å². The first kappa shape index (κ1) is 14.3. The Kier molecular flexibility index (Phi) is 11.6. The highest BCUT2D eigenvalue weighted by Gasteiger charge is 1.96. The average molecular weight is 218 g/mol. The van der Waals surface area contributed by atoms with Crippen LogP contribution in [0.5, 0.6) is 0 Å². The predicted molar refractivity (Wildman–Crippen MR) is 68.0 cm³/mol. The maximum Gasteiger partial charge on any atom is 0.00692 e. The molecule has 2 N–H and O–H groups in total. The zero-order chi connectivity index (χ0) is 10.6. The average Bonchev–Trinajstić information content (AvgIpc) is 2.20. The van der Waals surface area contributed by atoms with Gasteiger partial charge in [0.25, 0.3) is 0 Å². The van der Waals surface area contributed by atoms with Crippen molar-refractivity contribution in [3.05, 3.63) is 0 Å². The summed E-state index contributed by atoms with van der Waals surface area (Å²) in [5, 5.41) is 0. The van der Waals surface area contributed by atoms with Gasteiger partial charge in [-0.05, 0) is 39.2 Å². The van der Waals surface area contributed by atoms with Crippen LogP contribution < -0.4 is 5.73 Å². The Hall–Kier alpha value is 0.270. The van der Waals surface area contributed by atoms with E-state index in [0.29, 0.717) is 0 Å². The first-order valence-corrected chi connectivity index (χ1v) is 7.08. The van der Waals surface area contributed by atoms with Crippen LogP contribution in [-0.2, 0) is 0 Å². The molecule has 0 rings (SSSR count). The number of thioether (sulfide) groups is 1. The first-order chi connectivity index (χ1) is 6.81. The van der Waals surface area contributed by atoms with Crippen molar-refractivity contribution < 1.29 is 0 Å². The highest BCUT2D eigenvalue weighted by atomic mass is 32.2. The van der Waals surface area contributed by atoms with Crippen molar-refractivity contribution in [2.24, 2.45) is 5.73 Å². The summed E-state index contributed by atoms with van der Waals surface area (Å²) in [6.07, 6.45) is 8.74. The Balaban J connectivity index is 3.02. The van der Waals surface area contributed by atoms with Gasteiger partial charge in [0, 0.05) is 12.3 Å². The number of hydrogen-bond acceptors (Lipinski definition) is 3. The third-order valence-corrected chi connectivity index (χ3v) is 3.01. The molecule has 0 saturated heterocycles. The number of hydrogen-bond donors (Lipinski definition) is 1. The lowest BCUT2D eigenvalue weighted by atomic mass is 10.1. The lowest BCUT2D eigenvalue weighted by Gasteiger charge is -2.15. The van der Waals surface area contributed by atoms with Gasteiger partial charge in [0.15, 0.2) is 0 Å². The van der Waals surface area contributed by atoms with Crippen molar-refractivity contribution >= 4 is 11.8 Å². The molecule has 0 aliphatic heterocycles. The van der Waals surface area contributed by atoms with Gasteiger partial charge < -0.3 is 10.6 Å². The summed E-state index contributed by atoms with van der Waals surface area (Å²) < 4.78 is 0. The molecule has 0 aromatic heterocycles. The molecule has 3 heteroatoms.